The molecule has 3 aliphatic rings. The molecule has 1 aliphatic carbocycles. The van der Waals surface area contributed by atoms with Crippen LogP contribution in [0.1, 0.15) is 38.5 Å². The average Bonchev–Trinajstić information content (AvgIpc) is 3.00. The van der Waals surface area contributed by atoms with Gasteiger partial charge in [0, 0.05) is 32.4 Å². The fraction of sp³-hybridized carbons (Fsp3) is 0.722. The number of rotatable bonds is 4. The summed E-state index contributed by atoms with van der Waals surface area (Å²) in [7, 11) is 0. The number of hydrogen-bond donors (Lipinski definition) is 0. The molecule has 2 aliphatic heterocycles. The molecule has 3 fully saturated rings. The van der Waals surface area contributed by atoms with E-state index in [0.717, 1.165) is 62.3 Å². The molecular formula is C18H26N4OS. The average molecular weight is 347 g/mol. The van der Waals surface area contributed by atoms with Gasteiger partial charge in [0.15, 0.2) is 5.16 Å². The number of piperidine rings is 1. The zero-order chi connectivity index (χ0) is 16.6. The molecule has 1 unspecified atom stereocenters. The van der Waals surface area contributed by atoms with E-state index < -0.39 is 0 Å². The third kappa shape index (κ3) is 2.89. The van der Waals surface area contributed by atoms with Crippen LogP contribution in [-0.2, 0) is 4.79 Å². The van der Waals surface area contributed by atoms with Gasteiger partial charge in [-0.25, -0.2) is 9.97 Å². The van der Waals surface area contributed by atoms with Gasteiger partial charge in [-0.2, -0.15) is 0 Å². The van der Waals surface area contributed by atoms with Crippen molar-refractivity contribution in [3.05, 3.63) is 12.3 Å². The molecule has 24 heavy (non-hydrogen) atoms. The second kappa shape index (κ2) is 6.54. The molecule has 0 N–H and O–H groups in total. The van der Waals surface area contributed by atoms with Gasteiger partial charge in [-0.15, -0.1) is 0 Å². The lowest BCUT2D eigenvalue weighted by atomic mass is 9.77. The zero-order valence-corrected chi connectivity index (χ0v) is 15.2. The van der Waals surface area contributed by atoms with E-state index in [0.29, 0.717) is 5.91 Å². The van der Waals surface area contributed by atoms with Gasteiger partial charge in [0.2, 0.25) is 5.91 Å². The van der Waals surface area contributed by atoms with Gasteiger partial charge in [0.1, 0.15) is 5.82 Å². The molecule has 1 aromatic heterocycles. The van der Waals surface area contributed by atoms with E-state index in [9.17, 15) is 4.79 Å². The van der Waals surface area contributed by atoms with Gasteiger partial charge in [-0.3, -0.25) is 4.79 Å². The van der Waals surface area contributed by atoms with Gasteiger partial charge in [-0.1, -0.05) is 18.2 Å². The Labute approximate surface area is 148 Å². The van der Waals surface area contributed by atoms with E-state index in [2.05, 4.69) is 19.8 Å². The van der Waals surface area contributed by atoms with E-state index in [1.54, 1.807) is 11.8 Å². The van der Waals surface area contributed by atoms with E-state index >= 15 is 0 Å². The first kappa shape index (κ1) is 16.2. The first-order valence-corrected chi connectivity index (χ1v) is 10.3. The number of hydrogen-bond acceptors (Lipinski definition) is 5. The van der Waals surface area contributed by atoms with Crippen molar-refractivity contribution in [2.45, 2.75) is 43.7 Å². The maximum Gasteiger partial charge on any atom is 0.230 e. The second-order valence-corrected chi connectivity index (χ2v) is 8.28. The number of aromatic nitrogens is 2. The Balaban J connectivity index is 1.48. The standard InChI is InChI=1S/C18H26N4OS/c1-24-17-19-9-6-15(20-17)22-11-8-18(13-22)7-3-10-21(16(18)23)12-14-4-2-5-14/h6,9,14H,2-5,7-8,10-13H2,1H3. The number of carbonyl (C=O) groups excluding carboxylic acids is 1. The van der Waals surface area contributed by atoms with Crippen molar-refractivity contribution < 1.29 is 4.79 Å². The molecule has 5 nitrogen and oxygen atoms in total. The highest BCUT2D eigenvalue weighted by atomic mass is 32.2. The fourth-order valence-electron chi connectivity index (χ4n) is 4.37. The quantitative estimate of drug-likeness (QED) is 0.620. The van der Waals surface area contributed by atoms with Gasteiger partial charge in [-0.05, 0) is 50.3 Å². The van der Waals surface area contributed by atoms with Crippen molar-refractivity contribution in [2.75, 3.05) is 37.3 Å². The largest absolute Gasteiger partial charge is 0.355 e. The Hall–Kier alpha value is -1.30. The Morgan fingerprint density at radius 2 is 2.17 bits per heavy atom. The fourth-order valence-corrected chi connectivity index (χ4v) is 4.72. The summed E-state index contributed by atoms with van der Waals surface area (Å²) < 4.78 is 0. The van der Waals surface area contributed by atoms with Crippen molar-refractivity contribution in [3.8, 4) is 0 Å². The lowest BCUT2D eigenvalue weighted by molar-refractivity contribution is -0.146. The molecule has 1 spiro atoms. The molecule has 4 rings (SSSR count). The molecule has 130 valence electrons. The van der Waals surface area contributed by atoms with E-state index in [1.807, 2.05) is 18.5 Å². The van der Waals surface area contributed by atoms with Crippen LogP contribution in [-0.4, -0.2) is 53.2 Å². The lowest BCUT2D eigenvalue weighted by Crippen LogP contribution is -2.51. The maximum atomic E-state index is 13.2. The summed E-state index contributed by atoms with van der Waals surface area (Å²) in [4.78, 5) is 26.5. The van der Waals surface area contributed by atoms with E-state index in [4.69, 9.17) is 0 Å². The molecule has 1 aromatic rings. The van der Waals surface area contributed by atoms with Crippen molar-refractivity contribution in [2.24, 2.45) is 11.3 Å². The Kier molecular flexibility index (Phi) is 4.41. The van der Waals surface area contributed by atoms with Crippen LogP contribution >= 0.6 is 11.8 Å². The van der Waals surface area contributed by atoms with Crippen LogP contribution in [0, 0.1) is 11.3 Å². The lowest BCUT2D eigenvalue weighted by Gasteiger charge is -2.42. The molecule has 0 aromatic carbocycles. The van der Waals surface area contributed by atoms with Crippen molar-refractivity contribution in [1.29, 1.82) is 0 Å². The van der Waals surface area contributed by atoms with Gasteiger partial charge in [0.05, 0.1) is 5.41 Å². The minimum atomic E-state index is -0.174. The number of anilines is 1. The molecule has 2 saturated heterocycles. The van der Waals surface area contributed by atoms with Gasteiger partial charge < -0.3 is 9.80 Å². The maximum absolute atomic E-state index is 13.2. The molecule has 3 heterocycles. The first-order chi connectivity index (χ1) is 11.7. The SMILES string of the molecule is CSc1nccc(N2CCC3(CCCN(CC4CCC4)C3=O)C2)n1. The Morgan fingerprint density at radius 1 is 1.29 bits per heavy atom. The third-order valence-corrected chi connectivity index (χ3v) is 6.57. The van der Waals surface area contributed by atoms with Crippen LogP contribution in [0.15, 0.2) is 17.4 Å². The number of thioether (sulfide) groups is 1. The molecule has 6 heteroatoms. The zero-order valence-electron chi connectivity index (χ0n) is 14.4. The molecule has 0 bridgehead atoms. The smallest absolute Gasteiger partial charge is 0.230 e. The van der Waals surface area contributed by atoms with E-state index in [-0.39, 0.29) is 5.41 Å². The van der Waals surface area contributed by atoms with Crippen LogP contribution in [0.4, 0.5) is 5.82 Å². The van der Waals surface area contributed by atoms with Crippen molar-refractivity contribution in [3.63, 3.8) is 0 Å². The molecule has 1 amide bonds. The highest BCUT2D eigenvalue weighted by molar-refractivity contribution is 7.98. The molecule has 0 radical (unpaired) electrons. The summed E-state index contributed by atoms with van der Waals surface area (Å²) in [6, 6.07) is 1.97. The number of likely N-dealkylation sites (tertiary alicyclic amines) is 1. The number of amides is 1. The highest BCUT2D eigenvalue weighted by Crippen LogP contribution is 2.42. The highest BCUT2D eigenvalue weighted by Gasteiger charge is 2.49. The normalized spacial score (nSPS) is 27.8. The molecular weight excluding hydrogens is 320 g/mol. The molecule has 1 saturated carbocycles. The third-order valence-electron chi connectivity index (χ3n) is 6.01. The minimum absolute atomic E-state index is 0.174. The van der Waals surface area contributed by atoms with Crippen LogP contribution in [0.25, 0.3) is 0 Å². The summed E-state index contributed by atoms with van der Waals surface area (Å²) >= 11 is 1.56. The number of carbonyl (C=O) groups is 1. The monoisotopic (exact) mass is 346 g/mol. The Morgan fingerprint density at radius 3 is 2.92 bits per heavy atom. The molecule has 1 atom stereocenters. The minimum Gasteiger partial charge on any atom is -0.355 e. The predicted molar refractivity (Wildman–Crippen MR) is 96.2 cm³/mol. The summed E-state index contributed by atoms with van der Waals surface area (Å²) in [5.74, 6) is 2.13. The van der Waals surface area contributed by atoms with Crippen LogP contribution in [0.3, 0.4) is 0 Å². The van der Waals surface area contributed by atoms with Crippen LogP contribution < -0.4 is 4.90 Å². The van der Waals surface area contributed by atoms with Crippen molar-refractivity contribution in [1.82, 2.24) is 14.9 Å². The van der Waals surface area contributed by atoms with Crippen LogP contribution in [0.5, 0.6) is 0 Å². The van der Waals surface area contributed by atoms with Crippen LogP contribution in [0.2, 0.25) is 0 Å². The first-order valence-electron chi connectivity index (χ1n) is 9.12. The van der Waals surface area contributed by atoms with Gasteiger partial charge >= 0.3 is 0 Å². The summed E-state index contributed by atoms with van der Waals surface area (Å²) in [6.45, 7) is 3.69. The summed E-state index contributed by atoms with van der Waals surface area (Å²) in [5.41, 5.74) is -0.174. The van der Waals surface area contributed by atoms with Crippen molar-refractivity contribution >= 4 is 23.5 Å². The second-order valence-electron chi connectivity index (χ2n) is 7.51. The summed E-state index contributed by atoms with van der Waals surface area (Å²) in [6.07, 6.45) is 10.9. The topological polar surface area (TPSA) is 49.3 Å². The van der Waals surface area contributed by atoms with E-state index in [1.165, 1.54) is 19.3 Å². The Bertz CT molecular complexity index is 621. The number of nitrogens with zero attached hydrogens (tertiary/aromatic N) is 4. The summed E-state index contributed by atoms with van der Waals surface area (Å²) in [5, 5.41) is 0.801. The van der Waals surface area contributed by atoms with Gasteiger partial charge in [0.25, 0.3) is 0 Å². The predicted octanol–water partition coefficient (Wildman–Crippen LogP) is 2.82.